The van der Waals surface area contributed by atoms with E-state index in [2.05, 4.69) is 47.6 Å². The van der Waals surface area contributed by atoms with Crippen LogP contribution in [-0.4, -0.2) is 28.9 Å². The lowest BCUT2D eigenvalue weighted by Gasteiger charge is -2.63. The normalized spacial score (nSPS) is 41.7. The van der Waals surface area contributed by atoms with Gasteiger partial charge in [-0.25, -0.2) is 4.79 Å². The van der Waals surface area contributed by atoms with Gasteiger partial charge in [0.1, 0.15) is 11.9 Å². The average Bonchev–Trinajstić information content (AvgIpc) is 3.09. The molecule has 4 aliphatic carbocycles. The van der Waals surface area contributed by atoms with Gasteiger partial charge >= 0.3 is 11.9 Å². The lowest BCUT2D eigenvalue weighted by atomic mass is 9.40. The van der Waals surface area contributed by atoms with Gasteiger partial charge in [0.15, 0.2) is 0 Å². The van der Waals surface area contributed by atoms with Crippen molar-refractivity contribution in [3.05, 3.63) is 23.3 Å². The molecular weight excluding hydrogens is 464 g/mol. The number of hydrogen-bond donors (Lipinski definition) is 1. The molecule has 5 nitrogen and oxygen atoms in total. The maximum absolute atomic E-state index is 14.2. The van der Waals surface area contributed by atoms with Crippen molar-refractivity contribution < 1.29 is 24.2 Å². The quantitative estimate of drug-likeness (QED) is 0.232. The number of allylic oxidation sites excluding steroid dienone is 3. The number of carbonyl (C=O) groups is 3. The smallest absolute Gasteiger partial charge is 0.330 e. The van der Waals surface area contributed by atoms with Crippen LogP contribution in [0.15, 0.2) is 23.3 Å². The number of hydrogen-bond acceptors (Lipinski definition) is 4. The Morgan fingerprint density at radius 2 is 1.81 bits per heavy atom. The van der Waals surface area contributed by atoms with E-state index in [1.54, 1.807) is 6.92 Å². The zero-order valence-electron chi connectivity index (χ0n) is 24.3. The second-order valence-electron chi connectivity index (χ2n) is 14.0. The second kappa shape index (κ2) is 9.38. The first kappa shape index (κ1) is 28.1. The highest BCUT2D eigenvalue weighted by Crippen LogP contribution is 2.72. The van der Waals surface area contributed by atoms with Crippen molar-refractivity contribution in [3.63, 3.8) is 0 Å². The molecule has 1 N–H and O–H groups in total. The van der Waals surface area contributed by atoms with Crippen molar-refractivity contribution >= 4 is 17.7 Å². The van der Waals surface area contributed by atoms with Gasteiger partial charge in [-0.1, -0.05) is 59.3 Å². The Kier molecular flexibility index (Phi) is 7.12. The van der Waals surface area contributed by atoms with E-state index in [9.17, 15) is 19.5 Å². The summed E-state index contributed by atoms with van der Waals surface area (Å²) in [6, 6.07) is 0. The Labute approximate surface area is 223 Å². The minimum atomic E-state index is -0.859. The summed E-state index contributed by atoms with van der Waals surface area (Å²) in [4.78, 5) is 37.2. The third-order valence-electron chi connectivity index (χ3n) is 12.1. The average molecular weight is 513 g/mol. The van der Waals surface area contributed by atoms with E-state index in [0.29, 0.717) is 35.5 Å². The highest BCUT2D eigenvalue weighted by atomic mass is 16.5. The first-order valence-corrected chi connectivity index (χ1v) is 14.4. The summed E-state index contributed by atoms with van der Waals surface area (Å²) in [5, 5.41) is 9.18. The number of carboxylic acids is 1. The van der Waals surface area contributed by atoms with E-state index in [0.717, 1.165) is 44.9 Å². The van der Waals surface area contributed by atoms with Crippen LogP contribution in [0.4, 0.5) is 0 Å². The first-order chi connectivity index (χ1) is 17.1. The molecule has 0 radical (unpaired) electrons. The molecule has 0 aromatic carbocycles. The predicted octanol–water partition coefficient (Wildman–Crippen LogP) is 7.15. The molecular formula is C32H48O5. The summed E-state index contributed by atoms with van der Waals surface area (Å²) in [6.45, 7) is 16.9. The topological polar surface area (TPSA) is 80.7 Å². The summed E-state index contributed by atoms with van der Waals surface area (Å²) >= 11 is 0. The van der Waals surface area contributed by atoms with Crippen molar-refractivity contribution in [1.29, 1.82) is 0 Å². The maximum Gasteiger partial charge on any atom is 0.330 e. The molecule has 4 rings (SSSR count). The highest BCUT2D eigenvalue weighted by molar-refractivity contribution is 5.89. The van der Waals surface area contributed by atoms with Crippen LogP contribution in [0.3, 0.4) is 0 Å². The van der Waals surface area contributed by atoms with Gasteiger partial charge in [-0.15, -0.1) is 0 Å². The molecule has 1 unspecified atom stereocenters. The second-order valence-corrected chi connectivity index (χ2v) is 14.0. The van der Waals surface area contributed by atoms with E-state index >= 15 is 0 Å². The lowest BCUT2D eigenvalue weighted by Crippen LogP contribution is -2.60. The number of Topliss-reactive ketones (excluding diaryl/α,β-unsaturated/α-hetero) is 1. The minimum absolute atomic E-state index is 0.0209. The molecule has 0 aromatic heterocycles. The summed E-state index contributed by atoms with van der Waals surface area (Å²) in [7, 11) is 0. The fraction of sp³-hybridized carbons (Fsp3) is 0.781. The molecule has 0 aromatic rings. The van der Waals surface area contributed by atoms with Crippen molar-refractivity contribution in [2.24, 2.45) is 45.3 Å². The van der Waals surface area contributed by atoms with Gasteiger partial charge in [0, 0.05) is 35.2 Å². The van der Waals surface area contributed by atoms with Crippen LogP contribution in [0.25, 0.3) is 0 Å². The van der Waals surface area contributed by atoms with Crippen LogP contribution in [0.5, 0.6) is 0 Å². The number of ether oxygens (including phenoxy) is 1. The maximum atomic E-state index is 14.2. The molecule has 0 spiro atoms. The van der Waals surface area contributed by atoms with E-state index in [1.807, 2.05) is 6.08 Å². The lowest BCUT2D eigenvalue weighted by molar-refractivity contribution is -0.175. The molecule has 206 valence electrons. The van der Waals surface area contributed by atoms with Gasteiger partial charge in [-0.3, -0.25) is 9.59 Å². The van der Waals surface area contributed by atoms with Crippen molar-refractivity contribution in [2.45, 2.75) is 113 Å². The number of carbonyl (C=O) groups excluding carboxylic acids is 2. The van der Waals surface area contributed by atoms with Gasteiger partial charge in [0.2, 0.25) is 0 Å². The predicted molar refractivity (Wildman–Crippen MR) is 145 cm³/mol. The molecule has 0 saturated heterocycles. The molecule has 0 heterocycles. The number of esters is 1. The Balaban J connectivity index is 1.63. The fourth-order valence-electron chi connectivity index (χ4n) is 9.62. The Bertz CT molecular complexity index is 1040. The summed E-state index contributed by atoms with van der Waals surface area (Å²) in [5.74, 6) is 0.651. The molecule has 3 fully saturated rings. The van der Waals surface area contributed by atoms with Crippen molar-refractivity contribution in [3.8, 4) is 0 Å². The molecule has 3 saturated carbocycles. The standard InChI is InChI=1S/C32H48O5/c1-19(10-9-11-20(2)28(35)36)22-14-17-31(7)23-12-13-25-29(4,5)27(37-21(3)33)15-16-30(25,6)24(23)18-26(34)32(22,31)8/h11-12,19,22,24-25,27H,9-10,13-18H2,1-8H3,(H,35,36)/b20-11+/t19-,22-,24+,25?,27-,30-,31+,32+/m1/s1. The van der Waals surface area contributed by atoms with E-state index in [1.165, 1.54) is 12.5 Å². The van der Waals surface area contributed by atoms with Gasteiger partial charge in [0.25, 0.3) is 0 Å². The van der Waals surface area contributed by atoms with Gasteiger partial charge in [-0.05, 0) is 81.0 Å². The van der Waals surface area contributed by atoms with Crippen LogP contribution < -0.4 is 0 Å². The van der Waals surface area contributed by atoms with Crippen molar-refractivity contribution in [1.82, 2.24) is 0 Å². The minimum Gasteiger partial charge on any atom is -0.478 e. The van der Waals surface area contributed by atoms with E-state index < -0.39 is 5.97 Å². The van der Waals surface area contributed by atoms with Crippen LogP contribution in [0.1, 0.15) is 107 Å². The summed E-state index contributed by atoms with van der Waals surface area (Å²) < 4.78 is 5.80. The van der Waals surface area contributed by atoms with Gasteiger partial charge in [0.05, 0.1) is 0 Å². The SMILES string of the molecule is CC(=O)O[C@@H]1CC[C@@]2(C)C(CC=C3[C@@H]2CC(=O)[C@]2(C)[C@@H]([C@H](C)CC/C=C(\C)C(=O)O)CC[C@@]32C)C1(C)C. The Morgan fingerprint density at radius 1 is 1.14 bits per heavy atom. The Morgan fingerprint density at radius 3 is 2.43 bits per heavy atom. The number of fused-ring (bicyclic) bond motifs is 5. The monoisotopic (exact) mass is 512 g/mol. The van der Waals surface area contributed by atoms with Crippen LogP contribution >= 0.6 is 0 Å². The van der Waals surface area contributed by atoms with Gasteiger partial charge in [-0.2, -0.15) is 0 Å². The molecule has 5 heteroatoms. The van der Waals surface area contributed by atoms with Crippen LogP contribution in [0, 0.1) is 45.3 Å². The van der Waals surface area contributed by atoms with Gasteiger partial charge < -0.3 is 9.84 Å². The fourth-order valence-corrected chi connectivity index (χ4v) is 9.62. The zero-order chi connectivity index (χ0) is 27.6. The molecule has 4 aliphatic rings. The number of carboxylic acid groups (broad SMARTS) is 1. The van der Waals surface area contributed by atoms with Crippen molar-refractivity contribution in [2.75, 3.05) is 0 Å². The van der Waals surface area contributed by atoms with Crippen LogP contribution in [-0.2, 0) is 19.1 Å². The number of ketones is 1. The molecule has 37 heavy (non-hydrogen) atoms. The highest BCUT2D eigenvalue weighted by Gasteiger charge is 2.68. The Hall–Kier alpha value is -1.91. The van der Waals surface area contributed by atoms with Crippen LogP contribution in [0.2, 0.25) is 0 Å². The largest absolute Gasteiger partial charge is 0.478 e. The number of rotatable bonds is 6. The summed E-state index contributed by atoms with van der Waals surface area (Å²) in [5.41, 5.74) is 1.28. The first-order valence-electron chi connectivity index (χ1n) is 14.4. The molecule has 0 bridgehead atoms. The van der Waals surface area contributed by atoms with E-state index in [-0.39, 0.29) is 39.7 Å². The third-order valence-corrected chi connectivity index (χ3v) is 12.1. The number of aliphatic carboxylic acids is 1. The third kappa shape index (κ3) is 4.14. The molecule has 0 aliphatic heterocycles. The molecule has 0 amide bonds. The molecule has 8 atom stereocenters. The zero-order valence-corrected chi connectivity index (χ0v) is 24.3. The summed E-state index contributed by atoms with van der Waals surface area (Å²) in [6.07, 6.45) is 11.4. The van der Waals surface area contributed by atoms with E-state index in [4.69, 9.17) is 4.74 Å².